The topological polar surface area (TPSA) is 117 Å². The molecule has 1 N–H and O–H groups in total. The number of fused-ring (bicyclic) bond motifs is 1. The number of ketones is 1. The number of hydrogen-bond donors (Lipinski definition) is 1. The zero-order valence-electron chi connectivity index (χ0n) is 20.7. The third kappa shape index (κ3) is 5.07. The smallest absolute Gasteiger partial charge is 0.287 e. The minimum Gasteiger partial charge on any atom is -0.451 e. The Balaban J connectivity index is 1.39. The zero-order valence-corrected chi connectivity index (χ0v) is 21.5. The molecule has 1 amide bonds. The SMILES string of the molecule is CS(=O)(=O)c1ccc(-c2ccc3cc(C(=O)NC4(C(=O)CC5(C#N)CC5)CCC(F)(F)CC4)oc3c2)cc1. The van der Waals surface area contributed by atoms with Crippen LogP contribution in [0.4, 0.5) is 8.78 Å². The Kier molecular flexibility index (Phi) is 6.18. The Morgan fingerprint density at radius 3 is 2.18 bits per heavy atom. The molecule has 0 saturated heterocycles. The lowest BCUT2D eigenvalue weighted by molar-refractivity contribution is -0.131. The van der Waals surface area contributed by atoms with Crippen molar-refractivity contribution in [1.82, 2.24) is 5.32 Å². The van der Waals surface area contributed by atoms with Crippen molar-refractivity contribution < 1.29 is 31.2 Å². The summed E-state index contributed by atoms with van der Waals surface area (Å²) in [6.07, 6.45) is 0.751. The maximum absolute atomic E-state index is 14.0. The lowest BCUT2D eigenvalue weighted by atomic mass is 9.74. The summed E-state index contributed by atoms with van der Waals surface area (Å²) in [5.41, 5.74) is -0.343. The van der Waals surface area contributed by atoms with Crippen molar-refractivity contribution in [3.63, 3.8) is 0 Å². The first kappa shape index (κ1) is 26.0. The highest BCUT2D eigenvalue weighted by molar-refractivity contribution is 7.90. The van der Waals surface area contributed by atoms with Gasteiger partial charge >= 0.3 is 0 Å². The number of Topliss-reactive ketones (excluding diaryl/α,β-unsaturated/α-hetero) is 1. The summed E-state index contributed by atoms with van der Waals surface area (Å²) in [7, 11) is -3.33. The number of alkyl halides is 2. The number of carbonyl (C=O) groups is 2. The summed E-state index contributed by atoms with van der Waals surface area (Å²) >= 11 is 0. The van der Waals surface area contributed by atoms with E-state index in [1.807, 2.05) is 0 Å². The van der Waals surface area contributed by atoms with Crippen LogP contribution in [0.25, 0.3) is 22.1 Å². The van der Waals surface area contributed by atoms with E-state index in [1.54, 1.807) is 30.3 Å². The fourth-order valence-corrected chi connectivity index (χ4v) is 5.60. The van der Waals surface area contributed by atoms with Gasteiger partial charge in [0.25, 0.3) is 5.91 Å². The van der Waals surface area contributed by atoms with Gasteiger partial charge < -0.3 is 9.73 Å². The third-order valence-electron chi connectivity index (χ3n) is 7.67. The summed E-state index contributed by atoms with van der Waals surface area (Å²) in [5.74, 6) is -4.04. The van der Waals surface area contributed by atoms with E-state index in [2.05, 4.69) is 11.4 Å². The van der Waals surface area contributed by atoms with Crippen LogP contribution in [0.2, 0.25) is 0 Å². The fraction of sp³-hybridized carbons (Fsp3) is 0.393. The van der Waals surface area contributed by atoms with Crippen LogP contribution in [-0.4, -0.2) is 37.8 Å². The number of sulfone groups is 1. The molecule has 10 heteroatoms. The first-order chi connectivity index (χ1) is 17.8. The van der Waals surface area contributed by atoms with Gasteiger partial charge in [-0.05, 0) is 61.1 Å². The number of halogens is 2. The number of hydrogen-bond acceptors (Lipinski definition) is 6. The maximum Gasteiger partial charge on any atom is 0.287 e. The van der Waals surface area contributed by atoms with E-state index in [9.17, 15) is 32.0 Å². The van der Waals surface area contributed by atoms with Crippen LogP contribution in [0, 0.1) is 16.7 Å². The minimum atomic E-state index is -3.33. The zero-order chi connectivity index (χ0) is 27.3. The molecule has 2 aliphatic carbocycles. The van der Waals surface area contributed by atoms with Gasteiger partial charge in [0.1, 0.15) is 5.58 Å². The van der Waals surface area contributed by atoms with E-state index in [1.165, 1.54) is 18.2 Å². The minimum absolute atomic E-state index is 0.0597. The van der Waals surface area contributed by atoms with Gasteiger partial charge in [0.05, 0.1) is 21.9 Å². The maximum atomic E-state index is 14.0. The van der Waals surface area contributed by atoms with Crippen LogP contribution in [0.5, 0.6) is 0 Å². The van der Waals surface area contributed by atoms with Crippen molar-refractivity contribution in [2.75, 3.05) is 6.26 Å². The van der Waals surface area contributed by atoms with Crippen molar-refractivity contribution in [2.24, 2.45) is 5.41 Å². The largest absolute Gasteiger partial charge is 0.451 e. The molecule has 2 aromatic carbocycles. The molecule has 2 saturated carbocycles. The molecule has 2 fully saturated rings. The number of carbonyl (C=O) groups excluding carboxylic acids is 2. The average Bonchev–Trinajstić information content (AvgIpc) is 3.51. The van der Waals surface area contributed by atoms with Gasteiger partial charge in [0, 0.05) is 30.9 Å². The monoisotopic (exact) mass is 540 g/mol. The first-order valence-corrected chi connectivity index (χ1v) is 14.2. The molecular weight excluding hydrogens is 514 g/mol. The normalized spacial score (nSPS) is 19.4. The number of rotatable bonds is 7. The summed E-state index contributed by atoms with van der Waals surface area (Å²) in [5, 5.41) is 12.7. The molecule has 3 aromatic rings. The second kappa shape index (κ2) is 9.02. The standard InChI is InChI=1S/C28H26F2N2O5S/c1-38(35,36)21-6-4-18(5-7-21)19-2-3-20-15-23(37-22(20)14-19)25(34)32-27(10-12-28(29,30)13-11-27)24(33)16-26(17-31)8-9-26/h2-7,14-15H,8-13,16H2,1H3,(H,32,34). The highest BCUT2D eigenvalue weighted by atomic mass is 32.2. The molecule has 0 atom stereocenters. The Morgan fingerprint density at radius 1 is 0.974 bits per heavy atom. The molecule has 2 aliphatic rings. The summed E-state index contributed by atoms with van der Waals surface area (Å²) in [4.78, 5) is 26.7. The van der Waals surface area contributed by atoms with Crippen LogP contribution in [-0.2, 0) is 14.6 Å². The quantitative estimate of drug-likeness (QED) is 0.426. The van der Waals surface area contributed by atoms with E-state index < -0.39 is 51.2 Å². The summed E-state index contributed by atoms with van der Waals surface area (Å²) in [6.45, 7) is 0. The van der Waals surface area contributed by atoms with Gasteiger partial charge in [-0.3, -0.25) is 9.59 Å². The number of benzene rings is 2. The van der Waals surface area contributed by atoms with Crippen molar-refractivity contribution in [2.45, 2.75) is 61.3 Å². The van der Waals surface area contributed by atoms with Crippen molar-refractivity contribution in [3.8, 4) is 17.2 Å². The van der Waals surface area contributed by atoms with Gasteiger partial charge in [-0.25, -0.2) is 17.2 Å². The number of nitrogens with one attached hydrogen (secondary N) is 1. The molecule has 1 heterocycles. The van der Waals surface area contributed by atoms with Gasteiger partial charge in [-0.1, -0.05) is 24.3 Å². The van der Waals surface area contributed by atoms with Crippen LogP contribution in [0.1, 0.15) is 55.5 Å². The van der Waals surface area contributed by atoms with Crippen molar-refractivity contribution in [3.05, 3.63) is 54.3 Å². The third-order valence-corrected chi connectivity index (χ3v) is 8.80. The molecule has 198 valence electrons. The molecule has 7 nitrogen and oxygen atoms in total. The van der Waals surface area contributed by atoms with Gasteiger partial charge in [0.15, 0.2) is 21.4 Å². The second-order valence-electron chi connectivity index (χ2n) is 10.5. The van der Waals surface area contributed by atoms with E-state index in [4.69, 9.17) is 4.42 Å². The van der Waals surface area contributed by atoms with Crippen LogP contribution < -0.4 is 5.32 Å². The summed E-state index contributed by atoms with van der Waals surface area (Å²) < 4.78 is 57.2. The molecule has 1 aromatic heterocycles. The molecule has 0 radical (unpaired) electrons. The highest BCUT2D eigenvalue weighted by Crippen LogP contribution is 2.50. The molecule has 5 rings (SSSR count). The first-order valence-electron chi connectivity index (χ1n) is 12.3. The number of amides is 1. The number of nitrogens with zero attached hydrogens (tertiary/aromatic N) is 1. The molecular formula is C28H26F2N2O5S. The molecule has 0 unspecified atom stereocenters. The Labute approximate surface area is 218 Å². The molecule has 0 aliphatic heterocycles. The Morgan fingerprint density at radius 2 is 1.61 bits per heavy atom. The van der Waals surface area contributed by atoms with E-state index in [0.29, 0.717) is 23.8 Å². The van der Waals surface area contributed by atoms with Crippen molar-refractivity contribution >= 4 is 32.5 Å². The molecule has 0 bridgehead atoms. The van der Waals surface area contributed by atoms with Gasteiger partial charge in [-0.2, -0.15) is 5.26 Å². The lowest BCUT2D eigenvalue weighted by Gasteiger charge is -2.39. The Hall–Kier alpha value is -3.58. The van der Waals surface area contributed by atoms with Gasteiger partial charge in [-0.15, -0.1) is 0 Å². The highest BCUT2D eigenvalue weighted by Gasteiger charge is 2.53. The fourth-order valence-electron chi connectivity index (χ4n) is 4.97. The van der Waals surface area contributed by atoms with E-state index in [0.717, 1.165) is 17.4 Å². The number of nitriles is 1. The summed E-state index contributed by atoms with van der Waals surface area (Å²) in [6, 6.07) is 15.3. The van der Waals surface area contributed by atoms with E-state index in [-0.39, 0.29) is 29.9 Å². The predicted molar refractivity (Wildman–Crippen MR) is 135 cm³/mol. The number of furan rings is 1. The van der Waals surface area contributed by atoms with Gasteiger partial charge in [0.2, 0.25) is 5.92 Å². The predicted octanol–water partition coefficient (Wildman–Crippen LogP) is 5.44. The van der Waals surface area contributed by atoms with Crippen molar-refractivity contribution in [1.29, 1.82) is 5.26 Å². The second-order valence-corrected chi connectivity index (χ2v) is 12.6. The Bertz CT molecular complexity index is 1570. The van der Waals surface area contributed by atoms with Crippen LogP contribution in [0.3, 0.4) is 0 Å². The van der Waals surface area contributed by atoms with Crippen LogP contribution >= 0.6 is 0 Å². The average molecular weight is 541 g/mol. The molecule has 38 heavy (non-hydrogen) atoms. The molecule has 0 spiro atoms. The van der Waals surface area contributed by atoms with E-state index >= 15 is 0 Å². The lowest BCUT2D eigenvalue weighted by Crippen LogP contribution is -2.58. The van der Waals surface area contributed by atoms with Crippen LogP contribution in [0.15, 0.2) is 57.8 Å².